The van der Waals surface area contributed by atoms with E-state index < -0.39 is 0 Å². The first-order valence-electron chi connectivity index (χ1n) is 7.54. The second-order valence-electron chi connectivity index (χ2n) is 6.03. The van der Waals surface area contributed by atoms with Gasteiger partial charge in [0, 0.05) is 18.8 Å². The number of rotatable bonds is 7. The number of hydrogen-bond acceptors (Lipinski definition) is 3. The van der Waals surface area contributed by atoms with Crippen LogP contribution in [0.3, 0.4) is 0 Å². The number of nitrogens with two attached hydrogens (primary N) is 1. The molecule has 1 heterocycles. The maximum Gasteiger partial charge on any atom is 0.0949 e. The van der Waals surface area contributed by atoms with Gasteiger partial charge in [-0.1, -0.05) is 26.7 Å². The summed E-state index contributed by atoms with van der Waals surface area (Å²) in [6, 6.07) is 0.0778. The van der Waals surface area contributed by atoms with E-state index in [1.54, 1.807) is 0 Å². The average molecular weight is 265 g/mol. The zero-order chi connectivity index (χ0) is 13.7. The van der Waals surface area contributed by atoms with Crippen LogP contribution in [-0.4, -0.2) is 22.3 Å². The second kappa shape index (κ2) is 7.06. The molecule has 0 radical (unpaired) electrons. The number of hydrogen-bond donors (Lipinski definition) is 1. The Hall–Kier alpha value is -0.870. The molecule has 108 valence electrons. The highest BCUT2D eigenvalue weighted by Crippen LogP contribution is 2.21. The lowest BCUT2D eigenvalue weighted by Gasteiger charge is -2.17. The van der Waals surface area contributed by atoms with E-state index in [0.717, 1.165) is 25.3 Å². The molecule has 1 aromatic heterocycles. The number of aromatic nitrogens is 2. The van der Waals surface area contributed by atoms with Gasteiger partial charge < -0.3 is 15.0 Å². The minimum absolute atomic E-state index is 0.0778. The van der Waals surface area contributed by atoms with Crippen LogP contribution in [-0.2, 0) is 11.3 Å². The molecule has 1 atom stereocenters. The molecule has 1 aromatic rings. The van der Waals surface area contributed by atoms with Crippen LogP contribution >= 0.6 is 0 Å². The van der Waals surface area contributed by atoms with Crippen LogP contribution in [0.5, 0.6) is 0 Å². The van der Waals surface area contributed by atoms with Gasteiger partial charge in [0.2, 0.25) is 0 Å². The topological polar surface area (TPSA) is 53.1 Å². The Balaban J connectivity index is 1.81. The van der Waals surface area contributed by atoms with Crippen molar-refractivity contribution in [3.8, 4) is 0 Å². The van der Waals surface area contributed by atoms with Crippen LogP contribution in [0.2, 0.25) is 0 Å². The molecule has 19 heavy (non-hydrogen) atoms. The predicted molar refractivity (Wildman–Crippen MR) is 76.8 cm³/mol. The van der Waals surface area contributed by atoms with E-state index in [9.17, 15) is 0 Å². The van der Waals surface area contributed by atoms with Crippen molar-refractivity contribution in [1.29, 1.82) is 0 Å². The lowest BCUT2D eigenvalue weighted by atomic mass is 10.0. The summed E-state index contributed by atoms with van der Waals surface area (Å²) in [6.45, 7) is 6.02. The summed E-state index contributed by atoms with van der Waals surface area (Å²) in [4.78, 5) is 4.23. The van der Waals surface area contributed by atoms with E-state index in [4.69, 9.17) is 10.5 Å². The number of nitrogens with zero attached hydrogens (tertiary/aromatic N) is 2. The maximum absolute atomic E-state index is 6.23. The Morgan fingerprint density at radius 1 is 1.42 bits per heavy atom. The van der Waals surface area contributed by atoms with Crippen LogP contribution < -0.4 is 5.73 Å². The third kappa shape index (κ3) is 4.32. The fourth-order valence-electron chi connectivity index (χ4n) is 2.83. The van der Waals surface area contributed by atoms with E-state index >= 15 is 0 Å². The summed E-state index contributed by atoms with van der Waals surface area (Å²) in [5.74, 6) is 0.605. The summed E-state index contributed by atoms with van der Waals surface area (Å²) in [5.41, 5.74) is 7.36. The fourth-order valence-corrected chi connectivity index (χ4v) is 2.83. The standard InChI is InChI=1S/C15H27N3O/c1-12(2)9-14(16)15-10-17-11-18(15)7-8-19-13-5-3-4-6-13/h10-14H,3-9,16H2,1-2H3. The van der Waals surface area contributed by atoms with Crippen LogP contribution in [0.15, 0.2) is 12.5 Å². The summed E-state index contributed by atoms with van der Waals surface area (Å²) < 4.78 is 8.04. The Morgan fingerprint density at radius 2 is 2.16 bits per heavy atom. The Labute approximate surface area is 116 Å². The molecule has 2 N–H and O–H groups in total. The first kappa shape index (κ1) is 14.5. The van der Waals surface area contributed by atoms with Gasteiger partial charge in [-0.3, -0.25) is 0 Å². The van der Waals surface area contributed by atoms with Crippen molar-refractivity contribution in [1.82, 2.24) is 9.55 Å². The maximum atomic E-state index is 6.23. The smallest absolute Gasteiger partial charge is 0.0949 e. The molecule has 4 heteroatoms. The van der Waals surface area contributed by atoms with Crippen molar-refractivity contribution in [3.05, 3.63) is 18.2 Å². The molecule has 1 saturated carbocycles. The molecule has 0 bridgehead atoms. The third-order valence-corrected chi connectivity index (χ3v) is 3.84. The largest absolute Gasteiger partial charge is 0.376 e. The molecule has 2 rings (SSSR count). The molecule has 0 aromatic carbocycles. The third-order valence-electron chi connectivity index (χ3n) is 3.84. The van der Waals surface area contributed by atoms with E-state index in [0.29, 0.717) is 12.0 Å². The quantitative estimate of drug-likeness (QED) is 0.824. The molecule has 0 saturated heterocycles. The number of ether oxygens (including phenoxy) is 1. The Kier molecular flexibility index (Phi) is 5.40. The van der Waals surface area contributed by atoms with Crippen molar-refractivity contribution < 1.29 is 4.74 Å². The SMILES string of the molecule is CC(C)CC(N)c1cncn1CCOC1CCCC1. The van der Waals surface area contributed by atoms with Crippen LogP contribution in [0.1, 0.15) is 57.7 Å². The van der Waals surface area contributed by atoms with Gasteiger partial charge in [-0.05, 0) is 25.2 Å². The van der Waals surface area contributed by atoms with Crippen molar-refractivity contribution in [2.45, 2.75) is 64.6 Å². The molecule has 0 amide bonds. The van der Waals surface area contributed by atoms with E-state index in [-0.39, 0.29) is 6.04 Å². The zero-order valence-corrected chi connectivity index (χ0v) is 12.2. The lowest BCUT2D eigenvalue weighted by Crippen LogP contribution is -2.19. The highest BCUT2D eigenvalue weighted by Gasteiger charge is 2.16. The summed E-state index contributed by atoms with van der Waals surface area (Å²) >= 11 is 0. The molecule has 1 aliphatic rings. The van der Waals surface area contributed by atoms with Gasteiger partial charge in [0.1, 0.15) is 0 Å². The van der Waals surface area contributed by atoms with Crippen molar-refractivity contribution in [2.24, 2.45) is 11.7 Å². The van der Waals surface area contributed by atoms with Crippen molar-refractivity contribution in [2.75, 3.05) is 6.61 Å². The van der Waals surface area contributed by atoms with E-state index in [1.165, 1.54) is 25.7 Å². The molecular formula is C15H27N3O. The molecule has 0 spiro atoms. The minimum atomic E-state index is 0.0778. The van der Waals surface area contributed by atoms with Gasteiger partial charge in [-0.15, -0.1) is 0 Å². The van der Waals surface area contributed by atoms with E-state index in [1.807, 2.05) is 12.5 Å². The molecular weight excluding hydrogens is 238 g/mol. The fraction of sp³-hybridized carbons (Fsp3) is 0.800. The van der Waals surface area contributed by atoms with Gasteiger partial charge in [-0.25, -0.2) is 4.98 Å². The van der Waals surface area contributed by atoms with Crippen molar-refractivity contribution >= 4 is 0 Å². The molecule has 4 nitrogen and oxygen atoms in total. The molecule has 1 aliphatic carbocycles. The van der Waals surface area contributed by atoms with Crippen molar-refractivity contribution in [3.63, 3.8) is 0 Å². The summed E-state index contributed by atoms with van der Waals surface area (Å²) in [5, 5.41) is 0. The molecule has 1 fully saturated rings. The first-order valence-corrected chi connectivity index (χ1v) is 7.54. The summed E-state index contributed by atoms with van der Waals surface area (Å²) in [6.07, 6.45) is 10.3. The van der Waals surface area contributed by atoms with Gasteiger partial charge in [0.05, 0.1) is 24.7 Å². The zero-order valence-electron chi connectivity index (χ0n) is 12.2. The van der Waals surface area contributed by atoms with Gasteiger partial charge >= 0.3 is 0 Å². The van der Waals surface area contributed by atoms with Gasteiger partial charge in [0.25, 0.3) is 0 Å². The average Bonchev–Trinajstić information content (AvgIpc) is 2.98. The monoisotopic (exact) mass is 265 g/mol. The normalized spacial score (nSPS) is 18.3. The predicted octanol–water partition coefficient (Wildman–Crippen LogP) is 2.89. The van der Waals surface area contributed by atoms with Crippen LogP contribution in [0.25, 0.3) is 0 Å². The Morgan fingerprint density at radius 3 is 2.84 bits per heavy atom. The highest BCUT2D eigenvalue weighted by molar-refractivity contribution is 5.04. The number of imidazole rings is 1. The lowest BCUT2D eigenvalue weighted by molar-refractivity contribution is 0.0525. The summed E-state index contributed by atoms with van der Waals surface area (Å²) in [7, 11) is 0. The molecule has 0 aliphatic heterocycles. The second-order valence-corrected chi connectivity index (χ2v) is 6.03. The van der Waals surface area contributed by atoms with Gasteiger partial charge in [0.15, 0.2) is 0 Å². The van der Waals surface area contributed by atoms with E-state index in [2.05, 4.69) is 23.4 Å². The van der Waals surface area contributed by atoms with Crippen LogP contribution in [0.4, 0.5) is 0 Å². The minimum Gasteiger partial charge on any atom is -0.376 e. The molecule has 1 unspecified atom stereocenters. The van der Waals surface area contributed by atoms with Crippen LogP contribution in [0, 0.1) is 5.92 Å². The Bertz CT molecular complexity index is 369. The first-order chi connectivity index (χ1) is 9.16. The van der Waals surface area contributed by atoms with Gasteiger partial charge in [-0.2, -0.15) is 0 Å². The highest BCUT2D eigenvalue weighted by atomic mass is 16.5.